The molecule has 0 amide bonds. The molecule has 0 radical (unpaired) electrons. The number of rotatable bonds is 6. The van der Waals surface area contributed by atoms with Crippen LogP contribution in [0, 0.1) is 6.92 Å². The van der Waals surface area contributed by atoms with Gasteiger partial charge in [-0.2, -0.15) is 0 Å². The minimum Gasteiger partial charge on any atom is -0.310 e. The molecule has 4 heteroatoms. The highest BCUT2D eigenvalue weighted by Gasteiger charge is 2.13. The number of aromatic nitrogens is 2. The average Bonchev–Trinajstić information content (AvgIpc) is 2.80. The van der Waals surface area contributed by atoms with E-state index < -0.39 is 0 Å². The van der Waals surface area contributed by atoms with Gasteiger partial charge in [-0.15, -0.1) is 11.3 Å². The predicted octanol–water partition coefficient (Wildman–Crippen LogP) is 3.96. The van der Waals surface area contributed by atoms with Crippen molar-refractivity contribution in [2.45, 2.75) is 53.1 Å². The molecule has 0 saturated heterocycles. The Labute approximate surface area is 125 Å². The summed E-state index contributed by atoms with van der Waals surface area (Å²) in [6, 6.07) is 2.56. The first-order valence-corrected chi connectivity index (χ1v) is 8.06. The molecule has 0 aliphatic rings. The molecule has 0 spiro atoms. The van der Waals surface area contributed by atoms with Gasteiger partial charge in [0.2, 0.25) is 0 Å². The zero-order valence-corrected chi connectivity index (χ0v) is 13.5. The second-order valence-corrected chi connectivity index (χ2v) is 6.45. The standard InChI is InChI=1S/C16H23N3S/c1-5-6-14-15(10-18-11(2)3)20-16(19-14)13-7-8-17-9-12(13)4/h7-9,11,18H,5-6,10H2,1-4H3. The monoisotopic (exact) mass is 289 g/mol. The van der Waals surface area contributed by atoms with Crippen molar-refractivity contribution in [3.8, 4) is 10.6 Å². The fraction of sp³-hybridized carbons (Fsp3) is 0.500. The Hall–Kier alpha value is -1.26. The Kier molecular flexibility index (Phi) is 5.26. The molecule has 3 nitrogen and oxygen atoms in total. The van der Waals surface area contributed by atoms with Crippen LogP contribution < -0.4 is 5.32 Å². The van der Waals surface area contributed by atoms with Crippen LogP contribution >= 0.6 is 11.3 Å². The lowest BCUT2D eigenvalue weighted by Gasteiger charge is -2.07. The average molecular weight is 289 g/mol. The van der Waals surface area contributed by atoms with Crippen LogP contribution in [0.25, 0.3) is 10.6 Å². The molecule has 0 aliphatic heterocycles. The number of nitrogens with one attached hydrogen (secondary N) is 1. The molecule has 2 heterocycles. The van der Waals surface area contributed by atoms with Crippen molar-refractivity contribution in [1.29, 1.82) is 0 Å². The third-order valence-corrected chi connectivity index (χ3v) is 4.32. The summed E-state index contributed by atoms with van der Waals surface area (Å²) in [5.74, 6) is 0. The number of hydrogen-bond donors (Lipinski definition) is 1. The van der Waals surface area contributed by atoms with Crippen molar-refractivity contribution < 1.29 is 0 Å². The second kappa shape index (κ2) is 6.95. The summed E-state index contributed by atoms with van der Waals surface area (Å²) in [7, 11) is 0. The van der Waals surface area contributed by atoms with E-state index >= 15 is 0 Å². The van der Waals surface area contributed by atoms with Gasteiger partial charge in [0.25, 0.3) is 0 Å². The largest absolute Gasteiger partial charge is 0.310 e. The van der Waals surface area contributed by atoms with Crippen molar-refractivity contribution in [3.63, 3.8) is 0 Å². The van der Waals surface area contributed by atoms with E-state index in [9.17, 15) is 0 Å². The zero-order valence-electron chi connectivity index (χ0n) is 12.7. The topological polar surface area (TPSA) is 37.8 Å². The van der Waals surface area contributed by atoms with Crippen LogP contribution in [0.4, 0.5) is 0 Å². The summed E-state index contributed by atoms with van der Waals surface area (Å²) >= 11 is 1.81. The van der Waals surface area contributed by atoms with Gasteiger partial charge in [-0.05, 0) is 25.0 Å². The van der Waals surface area contributed by atoms with Crippen LogP contribution in [0.3, 0.4) is 0 Å². The van der Waals surface area contributed by atoms with E-state index in [1.165, 1.54) is 21.7 Å². The highest BCUT2D eigenvalue weighted by atomic mass is 32.1. The van der Waals surface area contributed by atoms with E-state index in [1.54, 1.807) is 0 Å². The lowest BCUT2D eigenvalue weighted by Crippen LogP contribution is -2.21. The number of aryl methyl sites for hydroxylation is 2. The molecule has 0 saturated carbocycles. The van der Waals surface area contributed by atoms with E-state index in [4.69, 9.17) is 4.98 Å². The molecular weight excluding hydrogens is 266 g/mol. The molecule has 2 aromatic rings. The van der Waals surface area contributed by atoms with E-state index in [0.29, 0.717) is 6.04 Å². The SMILES string of the molecule is CCCc1nc(-c2ccncc2C)sc1CNC(C)C. The van der Waals surface area contributed by atoms with Crippen molar-refractivity contribution >= 4 is 11.3 Å². The fourth-order valence-corrected chi connectivity index (χ4v) is 3.23. The maximum Gasteiger partial charge on any atom is 0.124 e. The van der Waals surface area contributed by atoms with E-state index in [-0.39, 0.29) is 0 Å². The molecule has 0 aliphatic carbocycles. The smallest absolute Gasteiger partial charge is 0.124 e. The van der Waals surface area contributed by atoms with Gasteiger partial charge in [-0.3, -0.25) is 4.98 Å². The summed E-state index contributed by atoms with van der Waals surface area (Å²) in [5.41, 5.74) is 3.64. The number of thiazole rings is 1. The van der Waals surface area contributed by atoms with Gasteiger partial charge >= 0.3 is 0 Å². The quantitative estimate of drug-likeness (QED) is 0.874. The summed E-state index contributed by atoms with van der Waals surface area (Å²) < 4.78 is 0. The fourth-order valence-electron chi connectivity index (χ4n) is 2.08. The van der Waals surface area contributed by atoms with Gasteiger partial charge in [0.05, 0.1) is 5.69 Å². The van der Waals surface area contributed by atoms with E-state index in [0.717, 1.165) is 24.4 Å². The Morgan fingerprint density at radius 3 is 2.80 bits per heavy atom. The summed E-state index contributed by atoms with van der Waals surface area (Å²) in [6.45, 7) is 9.56. The molecule has 0 aromatic carbocycles. The van der Waals surface area contributed by atoms with Crippen molar-refractivity contribution in [3.05, 3.63) is 34.6 Å². The first kappa shape index (κ1) is 15.1. The van der Waals surface area contributed by atoms with Crippen LogP contribution in [-0.2, 0) is 13.0 Å². The highest BCUT2D eigenvalue weighted by molar-refractivity contribution is 7.15. The van der Waals surface area contributed by atoms with E-state index in [1.807, 2.05) is 23.7 Å². The van der Waals surface area contributed by atoms with Crippen LogP contribution in [0.5, 0.6) is 0 Å². The molecule has 0 unspecified atom stereocenters. The Morgan fingerprint density at radius 1 is 1.35 bits per heavy atom. The number of pyridine rings is 1. The van der Waals surface area contributed by atoms with Crippen LogP contribution in [-0.4, -0.2) is 16.0 Å². The molecule has 108 valence electrons. The van der Waals surface area contributed by atoms with Gasteiger partial charge in [-0.25, -0.2) is 4.98 Å². The summed E-state index contributed by atoms with van der Waals surface area (Å²) in [4.78, 5) is 10.4. The maximum atomic E-state index is 4.86. The van der Waals surface area contributed by atoms with Gasteiger partial charge in [0.15, 0.2) is 0 Å². The molecule has 0 bridgehead atoms. The number of nitrogens with zero attached hydrogens (tertiary/aromatic N) is 2. The van der Waals surface area contributed by atoms with Gasteiger partial charge in [0, 0.05) is 35.4 Å². The second-order valence-electron chi connectivity index (χ2n) is 5.37. The lowest BCUT2D eigenvalue weighted by molar-refractivity contribution is 0.589. The molecule has 2 aromatic heterocycles. The maximum absolute atomic E-state index is 4.86. The third kappa shape index (κ3) is 3.64. The minimum atomic E-state index is 0.498. The summed E-state index contributed by atoms with van der Waals surface area (Å²) in [5, 5.41) is 4.62. The van der Waals surface area contributed by atoms with Gasteiger partial charge in [-0.1, -0.05) is 27.2 Å². The van der Waals surface area contributed by atoms with Crippen molar-refractivity contribution in [1.82, 2.24) is 15.3 Å². The molecule has 0 fully saturated rings. The first-order chi connectivity index (χ1) is 9.61. The molecular formula is C16H23N3S. The molecule has 1 N–H and O–H groups in total. The van der Waals surface area contributed by atoms with Crippen molar-refractivity contribution in [2.24, 2.45) is 0 Å². The van der Waals surface area contributed by atoms with Crippen LogP contribution in [0.2, 0.25) is 0 Å². The molecule has 0 atom stereocenters. The lowest BCUT2D eigenvalue weighted by atomic mass is 10.1. The van der Waals surface area contributed by atoms with Gasteiger partial charge < -0.3 is 5.32 Å². The Balaban J connectivity index is 2.31. The Morgan fingerprint density at radius 2 is 2.15 bits per heavy atom. The third-order valence-electron chi connectivity index (χ3n) is 3.19. The number of hydrogen-bond acceptors (Lipinski definition) is 4. The van der Waals surface area contributed by atoms with Crippen LogP contribution in [0.15, 0.2) is 18.5 Å². The first-order valence-electron chi connectivity index (χ1n) is 7.24. The Bertz CT molecular complexity index is 561. The predicted molar refractivity (Wildman–Crippen MR) is 86.1 cm³/mol. The zero-order chi connectivity index (χ0) is 14.5. The van der Waals surface area contributed by atoms with Crippen LogP contribution in [0.1, 0.15) is 43.3 Å². The minimum absolute atomic E-state index is 0.498. The van der Waals surface area contributed by atoms with E-state index in [2.05, 4.69) is 44.1 Å². The van der Waals surface area contributed by atoms with Crippen molar-refractivity contribution in [2.75, 3.05) is 0 Å². The van der Waals surface area contributed by atoms with Gasteiger partial charge in [0.1, 0.15) is 5.01 Å². The normalized spacial score (nSPS) is 11.2. The molecule has 2 rings (SSSR count). The highest BCUT2D eigenvalue weighted by Crippen LogP contribution is 2.30. The summed E-state index contributed by atoms with van der Waals surface area (Å²) in [6.07, 6.45) is 5.93. The molecule has 20 heavy (non-hydrogen) atoms.